The second-order valence-corrected chi connectivity index (χ2v) is 5.09. The van der Waals surface area contributed by atoms with E-state index in [9.17, 15) is 4.79 Å². The molecule has 0 fully saturated rings. The third kappa shape index (κ3) is 3.76. The molecule has 1 atom stereocenters. The highest BCUT2D eigenvalue weighted by Crippen LogP contribution is 2.20. The Kier molecular flexibility index (Phi) is 4.65. The van der Waals surface area contributed by atoms with Crippen LogP contribution in [-0.2, 0) is 4.79 Å². The van der Waals surface area contributed by atoms with Gasteiger partial charge in [-0.1, -0.05) is 27.7 Å². The van der Waals surface area contributed by atoms with E-state index in [1.807, 2.05) is 0 Å². The van der Waals surface area contributed by atoms with Crippen molar-refractivity contribution < 1.29 is 4.79 Å². The SMILES string of the molecule is CC(C)CC(=O)C(CC(C)C)n1cncn1. The summed E-state index contributed by atoms with van der Waals surface area (Å²) in [5.41, 5.74) is 0. The van der Waals surface area contributed by atoms with Crippen molar-refractivity contribution in [2.75, 3.05) is 0 Å². The monoisotopic (exact) mass is 223 g/mol. The van der Waals surface area contributed by atoms with Crippen LogP contribution >= 0.6 is 0 Å². The predicted molar refractivity (Wildman–Crippen MR) is 63.0 cm³/mol. The quantitative estimate of drug-likeness (QED) is 0.744. The lowest BCUT2D eigenvalue weighted by Gasteiger charge is -2.18. The highest BCUT2D eigenvalue weighted by Gasteiger charge is 2.22. The molecule has 1 aromatic heterocycles. The van der Waals surface area contributed by atoms with Crippen LogP contribution in [0, 0.1) is 11.8 Å². The molecule has 0 saturated heterocycles. The molecule has 0 radical (unpaired) electrons. The van der Waals surface area contributed by atoms with Crippen molar-refractivity contribution in [1.82, 2.24) is 14.8 Å². The van der Waals surface area contributed by atoms with Gasteiger partial charge < -0.3 is 0 Å². The fourth-order valence-electron chi connectivity index (χ4n) is 1.75. The minimum absolute atomic E-state index is 0.148. The Morgan fingerprint density at radius 3 is 2.38 bits per heavy atom. The lowest BCUT2D eigenvalue weighted by molar-refractivity contribution is -0.123. The lowest BCUT2D eigenvalue weighted by atomic mass is 9.95. The van der Waals surface area contributed by atoms with E-state index < -0.39 is 0 Å². The van der Waals surface area contributed by atoms with Crippen molar-refractivity contribution in [3.05, 3.63) is 12.7 Å². The average Bonchev–Trinajstić information content (AvgIpc) is 2.64. The first-order valence-corrected chi connectivity index (χ1v) is 5.87. The number of ketones is 1. The van der Waals surface area contributed by atoms with Crippen LogP contribution in [0.5, 0.6) is 0 Å². The van der Waals surface area contributed by atoms with E-state index in [1.54, 1.807) is 11.0 Å². The fourth-order valence-corrected chi connectivity index (χ4v) is 1.75. The van der Waals surface area contributed by atoms with Crippen LogP contribution in [0.4, 0.5) is 0 Å². The first kappa shape index (κ1) is 12.9. The number of hydrogen-bond acceptors (Lipinski definition) is 3. The molecular formula is C12H21N3O. The van der Waals surface area contributed by atoms with E-state index in [-0.39, 0.29) is 11.8 Å². The number of hydrogen-bond donors (Lipinski definition) is 0. The lowest BCUT2D eigenvalue weighted by Crippen LogP contribution is -2.23. The molecule has 0 aromatic carbocycles. The van der Waals surface area contributed by atoms with Crippen molar-refractivity contribution in [2.45, 2.75) is 46.6 Å². The van der Waals surface area contributed by atoms with Gasteiger partial charge in [-0.05, 0) is 18.3 Å². The number of Topliss-reactive ketones (excluding diaryl/α,β-unsaturated/α-hetero) is 1. The van der Waals surface area contributed by atoms with E-state index in [0.29, 0.717) is 18.3 Å². The first-order chi connectivity index (χ1) is 7.50. The minimum Gasteiger partial charge on any atom is -0.297 e. The maximum absolute atomic E-state index is 12.1. The highest BCUT2D eigenvalue weighted by atomic mass is 16.1. The maximum atomic E-state index is 12.1. The second kappa shape index (κ2) is 5.77. The summed E-state index contributed by atoms with van der Waals surface area (Å²) in [5, 5.41) is 4.08. The Morgan fingerprint density at radius 2 is 1.94 bits per heavy atom. The van der Waals surface area contributed by atoms with Gasteiger partial charge in [0.25, 0.3) is 0 Å². The summed E-state index contributed by atoms with van der Waals surface area (Å²) in [4.78, 5) is 16.0. The zero-order valence-electron chi connectivity index (χ0n) is 10.6. The smallest absolute Gasteiger partial charge is 0.157 e. The molecule has 1 aromatic rings. The van der Waals surface area contributed by atoms with Crippen molar-refractivity contribution in [2.24, 2.45) is 11.8 Å². The van der Waals surface area contributed by atoms with E-state index in [1.165, 1.54) is 6.33 Å². The number of rotatable bonds is 6. The number of aromatic nitrogens is 3. The third-order valence-corrected chi connectivity index (χ3v) is 2.43. The van der Waals surface area contributed by atoms with E-state index in [2.05, 4.69) is 37.8 Å². The Hall–Kier alpha value is -1.19. The minimum atomic E-state index is -0.148. The molecule has 0 aliphatic heterocycles. The molecule has 1 heterocycles. The van der Waals surface area contributed by atoms with Crippen LogP contribution in [0.2, 0.25) is 0 Å². The largest absolute Gasteiger partial charge is 0.297 e. The number of carbonyl (C=O) groups excluding carboxylic acids is 1. The van der Waals surface area contributed by atoms with E-state index in [4.69, 9.17) is 0 Å². The molecule has 1 rings (SSSR count). The van der Waals surface area contributed by atoms with Crippen molar-refractivity contribution >= 4 is 5.78 Å². The van der Waals surface area contributed by atoms with Crippen LogP contribution < -0.4 is 0 Å². The molecule has 0 aliphatic carbocycles. The highest BCUT2D eigenvalue weighted by molar-refractivity contribution is 5.82. The standard InChI is InChI=1S/C12H21N3O/c1-9(2)5-11(12(16)6-10(3)4)15-8-13-7-14-15/h7-11H,5-6H2,1-4H3. The molecule has 16 heavy (non-hydrogen) atoms. The molecule has 4 heteroatoms. The topological polar surface area (TPSA) is 47.8 Å². The first-order valence-electron chi connectivity index (χ1n) is 5.87. The fraction of sp³-hybridized carbons (Fsp3) is 0.750. The third-order valence-electron chi connectivity index (χ3n) is 2.43. The molecule has 0 amide bonds. The summed E-state index contributed by atoms with van der Waals surface area (Å²) in [7, 11) is 0. The summed E-state index contributed by atoms with van der Waals surface area (Å²) >= 11 is 0. The molecule has 0 saturated carbocycles. The summed E-state index contributed by atoms with van der Waals surface area (Å²) in [6.07, 6.45) is 4.55. The summed E-state index contributed by atoms with van der Waals surface area (Å²) in [6, 6.07) is -0.148. The Balaban J connectivity index is 2.75. The zero-order chi connectivity index (χ0) is 12.1. The maximum Gasteiger partial charge on any atom is 0.157 e. The summed E-state index contributed by atoms with van der Waals surface area (Å²) in [6.45, 7) is 8.36. The van der Waals surface area contributed by atoms with Crippen molar-refractivity contribution in [3.8, 4) is 0 Å². The van der Waals surface area contributed by atoms with Crippen LogP contribution in [0.3, 0.4) is 0 Å². The van der Waals surface area contributed by atoms with Gasteiger partial charge in [0, 0.05) is 6.42 Å². The number of nitrogens with zero attached hydrogens (tertiary/aromatic N) is 3. The second-order valence-electron chi connectivity index (χ2n) is 5.09. The summed E-state index contributed by atoms with van der Waals surface area (Å²) in [5.74, 6) is 1.13. The van der Waals surface area contributed by atoms with Crippen LogP contribution in [0.25, 0.3) is 0 Å². The molecule has 0 bridgehead atoms. The van der Waals surface area contributed by atoms with Gasteiger partial charge in [0.15, 0.2) is 5.78 Å². The van der Waals surface area contributed by atoms with Gasteiger partial charge >= 0.3 is 0 Å². The van der Waals surface area contributed by atoms with Gasteiger partial charge in [0.05, 0.1) is 0 Å². The molecule has 1 unspecified atom stereocenters. The predicted octanol–water partition coefficient (Wildman–Crippen LogP) is 2.48. The van der Waals surface area contributed by atoms with Crippen LogP contribution in [-0.4, -0.2) is 20.5 Å². The zero-order valence-corrected chi connectivity index (χ0v) is 10.6. The van der Waals surface area contributed by atoms with Crippen molar-refractivity contribution in [3.63, 3.8) is 0 Å². The van der Waals surface area contributed by atoms with Crippen LogP contribution in [0.1, 0.15) is 46.6 Å². The van der Waals surface area contributed by atoms with Gasteiger partial charge in [-0.3, -0.25) is 4.79 Å². The van der Waals surface area contributed by atoms with Gasteiger partial charge in [-0.2, -0.15) is 5.10 Å². The normalized spacial score (nSPS) is 13.4. The van der Waals surface area contributed by atoms with Gasteiger partial charge in [0.1, 0.15) is 18.7 Å². The van der Waals surface area contributed by atoms with E-state index in [0.717, 1.165) is 6.42 Å². The Bertz CT molecular complexity index is 317. The van der Waals surface area contributed by atoms with E-state index >= 15 is 0 Å². The van der Waals surface area contributed by atoms with Gasteiger partial charge in [-0.25, -0.2) is 9.67 Å². The molecule has 0 spiro atoms. The molecular weight excluding hydrogens is 202 g/mol. The molecule has 0 aliphatic rings. The number of carbonyl (C=O) groups is 1. The summed E-state index contributed by atoms with van der Waals surface area (Å²) < 4.78 is 1.69. The van der Waals surface area contributed by atoms with Crippen LogP contribution in [0.15, 0.2) is 12.7 Å². The Morgan fingerprint density at radius 1 is 1.25 bits per heavy atom. The van der Waals surface area contributed by atoms with Gasteiger partial charge in [-0.15, -0.1) is 0 Å². The van der Waals surface area contributed by atoms with Gasteiger partial charge in [0.2, 0.25) is 0 Å². The average molecular weight is 223 g/mol. The molecule has 90 valence electrons. The molecule has 0 N–H and O–H groups in total. The Labute approximate surface area is 97.1 Å². The van der Waals surface area contributed by atoms with Crippen molar-refractivity contribution in [1.29, 1.82) is 0 Å². The molecule has 4 nitrogen and oxygen atoms in total.